The summed E-state index contributed by atoms with van der Waals surface area (Å²) >= 11 is 0. The SMILES string of the molecule is Cc1ccc(C(N)=O)c(OCC2CCCNC2)n1. The van der Waals surface area contributed by atoms with Gasteiger partial charge in [-0.05, 0) is 38.4 Å². The molecule has 1 aromatic rings. The van der Waals surface area contributed by atoms with E-state index in [4.69, 9.17) is 10.5 Å². The molecule has 3 N–H and O–H groups in total. The number of hydrogen-bond donors (Lipinski definition) is 2. The zero-order chi connectivity index (χ0) is 13.0. The molecule has 0 aromatic carbocycles. The van der Waals surface area contributed by atoms with E-state index < -0.39 is 5.91 Å². The summed E-state index contributed by atoms with van der Waals surface area (Å²) in [4.78, 5) is 15.5. The largest absolute Gasteiger partial charge is 0.477 e. The van der Waals surface area contributed by atoms with Crippen molar-refractivity contribution in [2.24, 2.45) is 11.7 Å². The van der Waals surface area contributed by atoms with Gasteiger partial charge in [-0.2, -0.15) is 0 Å². The van der Waals surface area contributed by atoms with E-state index in [0.29, 0.717) is 24.0 Å². The van der Waals surface area contributed by atoms with Crippen LogP contribution < -0.4 is 15.8 Å². The fourth-order valence-electron chi connectivity index (χ4n) is 2.09. The third kappa shape index (κ3) is 3.20. The lowest BCUT2D eigenvalue weighted by Gasteiger charge is -2.22. The molecule has 2 heterocycles. The van der Waals surface area contributed by atoms with E-state index in [2.05, 4.69) is 10.3 Å². The van der Waals surface area contributed by atoms with E-state index in [1.165, 1.54) is 0 Å². The fourth-order valence-corrected chi connectivity index (χ4v) is 2.09. The Hall–Kier alpha value is -1.62. The highest BCUT2D eigenvalue weighted by atomic mass is 16.5. The van der Waals surface area contributed by atoms with Gasteiger partial charge in [-0.25, -0.2) is 4.98 Å². The standard InChI is InChI=1S/C13H19N3O2/c1-9-4-5-11(12(14)17)13(16-9)18-8-10-3-2-6-15-7-10/h4-5,10,15H,2-3,6-8H2,1H3,(H2,14,17). The molecule has 1 atom stereocenters. The molecule has 0 bridgehead atoms. The highest BCUT2D eigenvalue weighted by Crippen LogP contribution is 2.18. The second-order valence-electron chi connectivity index (χ2n) is 4.69. The third-order valence-electron chi connectivity index (χ3n) is 3.12. The van der Waals surface area contributed by atoms with Gasteiger partial charge in [-0.1, -0.05) is 0 Å². The lowest BCUT2D eigenvalue weighted by molar-refractivity contribution is 0.0993. The Balaban J connectivity index is 2.03. The number of ether oxygens (including phenoxy) is 1. The number of nitrogens with zero attached hydrogens (tertiary/aromatic N) is 1. The van der Waals surface area contributed by atoms with Crippen molar-refractivity contribution in [3.05, 3.63) is 23.4 Å². The number of nitrogens with two attached hydrogens (primary N) is 1. The van der Waals surface area contributed by atoms with Crippen molar-refractivity contribution in [1.82, 2.24) is 10.3 Å². The molecule has 1 aliphatic rings. The maximum absolute atomic E-state index is 11.3. The number of amides is 1. The zero-order valence-corrected chi connectivity index (χ0v) is 10.6. The summed E-state index contributed by atoms with van der Waals surface area (Å²) in [6.07, 6.45) is 2.31. The molecule has 98 valence electrons. The summed E-state index contributed by atoms with van der Waals surface area (Å²) in [5, 5.41) is 3.33. The predicted octanol–water partition coefficient (Wildman–Crippen LogP) is 0.867. The Morgan fingerprint density at radius 3 is 3.11 bits per heavy atom. The molecule has 1 aliphatic heterocycles. The minimum Gasteiger partial charge on any atom is -0.477 e. The molecule has 1 saturated heterocycles. The Morgan fingerprint density at radius 2 is 2.44 bits per heavy atom. The highest BCUT2D eigenvalue weighted by molar-refractivity contribution is 5.95. The first kappa shape index (κ1) is 12.8. The molecule has 1 aromatic heterocycles. The first-order valence-corrected chi connectivity index (χ1v) is 6.28. The summed E-state index contributed by atoms with van der Waals surface area (Å²) in [7, 11) is 0. The Labute approximate surface area is 107 Å². The van der Waals surface area contributed by atoms with Gasteiger partial charge in [0.2, 0.25) is 5.88 Å². The van der Waals surface area contributed by atoms with Crippen LogP contribution >= 0.6 is 0 Å². The molecular formula is C13H19N3O2. The molecule has 2 rings (SSSR count). The number of primary amides is 1. The number of aryl methyl sites for hydroxylation is 1. The van der Waals surface area contributed by atoms with Crippen LogP contribution in [0.5, 0.6) is 5.88 Å². The number of carbonyl (C=O) groups is 1. The van der Waals surface area contributed by atoms with Gasteiger partial charge in [0, 0.05) is 18.2 Å². The van der Waals surface area contributed by atoms with Gasteiger partial charge in [0.05, 0.1) is 6.61 Å². The van der Waals surface area contributed by atoms with Gasteiger partial charge in [-0.15, -0.1) is 0 Å². The van der Waals surface area contributed by atoms with Crippen LogP contribution in [0.15, 0.2) is 12.1 Å². The van der Waals surface area contributed by atoms with E-state index >= 15 is 0 Å². The molecule has 1 unspecified atom stereocenters. The zero-order valence-electron chi connectivity index (χ0n) is 10.6. The molecule has 0 radical (unpaired) electrons. The topological polar surface area (TPSA) is 77.2 Å². The molecule has 1 amide bonds. The van der Waals surface area contributed by atoms with Crippen LogP contribution in [-0.2, 0) is 0 Å². The molecule has 0 spiro atoms. The van der Waals surface area contributed by atoms with Crippen molar-refractivity contribution >= 4 is 5.91 Å². The summed E-state index contributed by atoms with van der Waals surface area (Å²) in [5.74, 6) is 0.328. The number of pyridine rings is 1. The van der Waals surface area contributed by atoms with Gasteiger partial charge in [0.25, 0.3) is 5.91 Å². The number of nitrogens with one attached hydrogen (secondary N) is 1. The molecule has 5 nitrogen and oxygen atoms in total. The maximum Gasteiger partial charge on any atom is 0.254 e. The van der Waals surface area contributed by atoms with Crippen molar-refractivity contribution in [1.29, 1.82) is 0 Å². The average molecular weight is 249 g/mol. The third-order valence-corrected chi connectivity index (χ3v) is 3.12. The average Bonchev–Trinajstić information content (AvgIpc) is 2.37. The normalized spacial score (nSPS) is 19.5. The van der Waals surface area contributed by atoms with Crippen molar-refractivity contribution < 1.29 is 9.53 Å². The van der Waals surface area contributed by atoms with Gasteiger partial charge in [0.1, 0.15) is 5.56 Å². The van der Waals surface area contributed by atoms with E-state index in [9.17, 15) is 4.79 Å². The van der Waals surface area contributed by atoms with Gasteiger partial charge in [0.15, 0.2) is 0 Å². The first-order valence-electron chi connectivity index (χ1n) is 6.28. The molecule has 0 saturated carbocycles. The van der Waals surface area contributed by atoms with Gasteiger partial charge >= 0.3 is 0 Å². The van der Waals surface area contributed by atoms with E-state index in [1.807, 2.05) is 6.92 Å². The Morgan fingerprint density at radius 1 is 1.61 bits per heavy atom. The van der Waals surface area contributed by atoms with Crippen LogP contribution in [0.1, 0.15) is 28.9 Å². The lowest BCUT2D eigenvalue weighted by Crippen LogP contribution is -2.33. The minimum atomic E-state index is -0.501. The Bertz CT molecular complexity index is 428. The highest BCUT2D eigenvalue weighted by Gasteiger charge is 2.16. The number of rotatable bonds is 4. The van der Waals surface area contributed by atoms with Crippen molar-refractivity contribution in [3.63, 3.8) is 0 Å². The molecule has 5 heteroatoms. The summed E-state index contributed by atoms with van der Waals surface area (Å²) in [6, 6.07) is 3.42. The fraction of sp³-hybridized carbons (Fsp3) is 0.538. The monoisotopic (exact) mass is 249 g/mol. The van der Waals surface area contributed by atoms with E-state index in [-0.39, 0.29) is 0 Å². The van der Waals surface area contributed by atoms with Crippen molar-refractivity contribution in [3.8, 4) is 5.88 Å². The first-order chi connectivity index (χ1) is 8.66. The smallest absolute Gasteiger partial charge is 0.254 e. The van der Waals surface area contributed by atoms with Crippen LogP contribution in [0, 0.1) is 12.8 Å². The molecular weight excluding hydrogens is 230 g/mol. The molecule has 1 fully saturated rings. The van der Waals surface area contributed by atoms with Crippen LogP contribution in [0.4, 0.5) is 0 Å². The predicted molar refractivity (Wildman–Crippen MR) is 68.6 cm³/mol. The van der Waals surface area contributed by atoms with Crippen molar-refractivity contribution in [2.75, 3.05) is 19.7 Å². The van der Waals surface area contributed by atoms with Crippen LogP contribution in [-0.4, -0.2) is 30.6 Å². The van der Waals surface area contributed by atoms with E-state index in [1.54, 1.807) is 12.1 Å². The number of piperidine rings is 1. The van der Waals surface area contributed by atoms with E-state index in [0.717, 1.165) is 31.6 Å². The quantitative estimate of drug-likeness (QED) is 0.830. The summed E-state index contributed by atoms with van der Waals surface area (Å²) in [6.45, 7) is 4.47. The molecule has 0 aliphatic carbocycles. The minimum absolute atomic E-state index is 0.351. The van der Waals surface area contributed by atoms with Crippen molar-refractivity contribution in [2.45, 2.75) is 19.8 Å². The number of carbonyl (C=O) groups excluding carboxylic acids is 1. The van der Waals surface area contributed by atoms with Crippen LogP contribution in [0.25, 0.3) is 0 Å². The second-order valence-corrected chi connectivity index (χ2v) is 4.69. The number of aromatic nitrogens is 1. The van der Waals surface area contributed by atoms with Crippen LogP contribution in [0.3, 0.4) is 0 Å². The molecule has 18 heavy (non-hydrogen) atoms. The number of hydrogen-bond acceptors (Lipinski definition) is 4. The van der Waals surface area contributed by atoms with Crippen LogP contribution in [0.2, 0.25) is 0 Å². The summed E-state index contributed by atoms with van der Waals surface area (Å²) in [5.41, 5.74) is 6.47. The van der Waals surface area contributed by atoms with Gasteiger partial charge in [-0.3, -0.25) is 4.79 Å². The second kappa shape index (κ2) is 5.82. The summed E-state index contributed by atoms with van der Waals surface area (Å²) < 4.78 is 5.67. The lowest BCUT2D eigenvalue weighted by atomic mass is 10.0. The Kier molecular flexibility index (Phi) is 4.15. The maximum atomic E-state index is 11.3. The van der Waals surface area contributed by atoms with Gasteiger partial charge < -0.3 is 15.8 Å².